The zero-order valence-electron chi connectivity index (χ0n) is 10.8. The first-order chi connectivity index (χ1) is 9.64. The van der Waals surface area contributed by atoms with E-state index >= 15 is 0 Å². The molecule has 0 saturated carbocycles. The Morgan fingerprint density at radius 2 is 2.30 bits per heavy atom. The number of hydrogen-bond acceptors (Lipinski definition) is 4. The van der Waals surface area contributed by atoms with Gasteiger partial charge in [0.05, 0.1) is 18.2 Å². The molecular weight excluding hydrogens is 274 g/mol. The first-order valence-corrected chi connectivity index (χ1v) is 7.51. The van der Waals surface area contributed by atoms with E-state index in [-0.39, 0.29) is 18.5 Å². The summed E-state index contributed by atoms with van der Waals surface area (Å²) < 4.78 is 0. The van der Waals surface area contributed by atoms with Crippen LogP contribution in [0.1, 0.15) is 17.5 Å². The van der Waals surface area contributed by atoms with E-state index in [0.29, 0.717) is 17.7 Å². The van der Waals surface area contributed by atoms with Crippen molar-refractivity contribution in [1.29, 1.82) is 5.26 Å². The smallest absolute Gasteiger partial charge is 0.322 e. The summed E-state index contributed by atoms with van der Waals surface area (Å²) in [4.78, 5) is 25.7. The minimum absolute atomic E-state index is 0.144. The van der Waals surface area contributed by atoms with Crippen molar-refractivity contribution >= 4 is 23.7 Å². The topological polar surface area (TPSA) is 73.2 Å². The summed E-state index contributed by atoms with van der Waals surface area (Å²) in [5.41, 5.74) is 0.616. The number of thioether (sulfide) groups is 1. The van der Waals surface area contributed by atoms with Gasteiger partial charge in [0.1, 0.15) is 5.54 Å². The Hall–Kier alpha value is -2.00. The van der Waals surface area contributed by atoms with E-state index in [1.54, 1.807) is 30.0 Å². The highest BCUT2D eigenvalue weighted by molar-refractivity contribution is 7.99. The van der Waals surface area contributed by atoms with Crippen molar-refractivity contribution < 1.29 is 9.59 Å². The quantitative estimate of drug-likeness (QED) is 0.836. The normalized spacial score (nSPS) is 25.1. The van der Waals surface area contributed by atoms with Crippen LogP contribution in [0.3, 0.4) is 0 Å². The van der Waals surface area contributed by atoms with Crippen LogP contribution in [-0.2, 0) is 11.3 Å². The van der Waals surface area contributed by atoms with Crippen molar-refractivity contribution in [2.75, 3.05) is 11.5 Å². The Morgan fingerprint density at radius 1 is 1.45 bits per heavy atom. The van der Waals surface area contributed by atoms with Crippen LogP contribution in [0.15, 0.2) is 24.3 Å². The monoisotopic (exact) mass is 287 g/mol. The molecule has 2 aliphatic heterocycles. The predicted octanol–water partition coefficient (Wildman–Crippen LogP) is 1.49. The average Bonchev–Trinajstić information content (AvgIpc) is 3.01. The largest absolute Gasteiger partial charge is 0.325 e. The first kappa shape index (κ1) is 13.0. The van der Waals surface area contributed by atoms with Crippen molar-refractivity contribution in [2.24, 2.45) is 0 Å². The van der Waals surface area contributed by atoms with Gasteiger partial charge in [-0.25, -0.2) is 4.79 Å². The van der Waals surface area contributed by atoms with E-state index in [9.17, 15) is 9.59 Å². The molecule has 1 unspecified atom stereocenters. The van der Waals surface area contributed by atoms with Crippen molar-refractivity contribution in [3.8, 4) is 6.07 Å². The molecule has 2 heterocycles. The highest BCUT2D eigenvalue weighted by Crippen LogP contribution is 2.33. The molecular formula is C14H13N3O2S. The third-order valence-corrected chi connectivity index (χ3v) is 4.85. The maximum Gasteiger partial charge on any atom is 0.325 e. The number of rotatable bonds is 2. The lowest BCUT2D eigenvalue weighted by Crippen LogP contribution is -2.46. The second-order valence-corrected chi connectivity index (χ2v) is 6.12. The predicted molar refractivity (Wildman–Crippen MR) is 74.9 cm³/mol. The first-order valence-electron chi connectivity index (χ1n) is 6.35. The van der Waals surface area contributed by atoms with E-state index in [2.05, 4.69) is 11.4 Å². The van der Waals surface area contributed by atoms with E-state index in [1.807, 2.05) is 6.07 Å². The molecule has 6 heteroatoms. The zero-order chi connectivity index (χ0) is 14.2. The molecule has 1 N–H and O–H groups in total. The number of nitrogens with zero attached hydrogens (tertiary/aromatic N) is 2. The van der Waals surface area contributed by atoms with E-state index < -0.39 is 5.54 Å². The van der Waals surface area contributed by atoms with Gasteiger partial charge >= 0.3 is 6.03 Å². The molecule has 0 aromatic heterocycles. The molecule has 3 rings (SSSR count). The second-order valence-electron chi connectivity index (χ2n) is 5.02. The summed E-state index contributed by atoms with van der Waals surface area (Å²) in [5.74, 6) is 1.39. The number of carbonyl (C=O) groups excluding carboxylic acids is 2. The lowest BCUT2D eigenvalue weighted by atomic mass is 9.99. The average molecular weight is 287 g/mol. The molecule has 0 aliphatic carbocycles. The third kappa shape index (κ3) is 2.04. The van der Waals surface area contributed by atoms with Crippen LogP contribution in [0.5, 0.6) is 0 Å². The number of urea groups is 1. The number of hydrogen-bond donors (Lipinski definition) is 1. The van der Waals surface area contributed by atoms with Crippen molar-refractivity contribution in [3.63, 3.8) is 0 Å². The minimum atomic E-state index is -0.700. The molecule has 2 fully saturated rings. The van der Waals surface area contributed by atoms with Crippen LogP contribution in [0.4, 0.5) is 4.79 Å². The summed E-state index contributed by atoms with van der Waals surface area (Å²) in [6, 6.07) is 8.70. The summed E-state index contributed by atoms with van der Waals surface area (Å²) in [6.07, 6.45) is 0.691. The lowest BCUT2D eigenvalue weighted by Gasteiger charge is -2.19. The molecule has 0 radical (unpaired) electrons. The highest BCUT2D eigenvalue weighted by Gasteiger charge is 2.52. The molecule has 3 amide bonds. The van der Waals surface area contributed by atoms with Gasteiger partial charge in [0.15, 0.2) is 0 Å². The molecule has 1 atom stereocenters. The number of amides is 3. The highest BCUT2D eigenvalue weighted by atomic mass is 32.2. The van der Waals surface area contributed by atoms with Gasteiger partial charge in [-0.1, -0.05) is 12.1 Å². The van der Waals surface area contributed by atoms with E-state index in [1.165, 1.54) is 4.90 Å². The van der Waals surface area contributed by atoms with E-state index in [0.717, 1.165) is 11.3 Å². The van der Waals surface area contributed by atoms with Gasteiger partial charge in [-0.2, -0.15) is 17.0 Å². The summed E-state index contributed by atoms with van der Waals surface area (Å²) >= 11 is 1.69. The number of carbonyl (C=O) groups is 2. The fourth-order valence-corrected chi connectivity index (χ4v) is 3.90. The second kappa shape index (κ2) is 4.84. The molecule has 1 aromatic rings. The Kier molecular flexibility index (Phi) is 3.14. The Labute approximate surface area is 120 Å². The van der Waals surface area contributed by atoms with Crippen LogP contribution >= 0.6 is 11.8 Å². The van der Waals surface area contributed by atoms with Crippen LogP contribution in [0.25, 0.3) is 0 Å². The number of benzene rings is 1. The molecule has 102 valence electrons. The van der Waals surface area contributed by atoms with Crippen molar-refractivity contribution in [2.45, 2.75) is 18.5 Å². The van der Waals surface area contributed by atoms with Crippen molar-refractivity contribution in [1.82, 2.24) is 10.2 Å². The minimum Gasteiger partial charge on any atom is -0.322 e. The molecule has 2 aliphatic rings. The molecule has 0 bridgehead atoms. The fourth-order valence-electron chi connectivity index (χ4n) is 2.57. The summed E-state index contributed by atoms with van der Waals surface area (Å²) in [5, 5.41) is 11.7. The van der Waals surface area contributed by atoms with Gasteiger partial charge < -0.3 is 5.32 Å². The Balaban J connectivity index is 1.82. The fraction of sp³-hybridized carbons (Fsp3) is 0.357. The standard InChI is InChI=1S/C14H13N3O2S/c15-7-10-2-1-3-11(6-10)8-17-12(18)14(16-13(17)19)4-5-20-9-14/h1-3,6H,4-5,8-9H2,(H,16,19). The third-order valence-electron chi connectivity index (χ3n) is 3.66. The number of nitrogens with one attached hydrogen (secondary N) is 1. The van der Waals surface area contributed by atoms with Crippen molar-refractivity contribution in [3.05, 3.63) is 35.4 Å². The van der Waals surface area contributed by atoms with Gasteiger partial charge in [0.25, 0.3) is 5.91 Å². The van der Waals surface area contributed by atoms with Gasteiger partial charge in [0, 0.05) is 5.75 Å². The maximum atomic E-state index is 12.5. The molecule has 5 nitrogen and oxygen atoms in total. The molecule has 2 saturated heterocycles. The lowest BCUT2D eigenvalue weighted by molar-refractivity contribution is -0.130. The number of imide groups is 1. The maximum absolute atomic E-state index is 12.5. The Morgan fingerprint density at radius 3 is 3.00 bits per heavy atom. The summed E-state index contributed by atoms with van der Waals surface area (Å²) in [7, 11) is 0. The van der Waals surface area contributed by atoms with Crippen LogP contribution in [0.2, 0.25) is 0 Å². The zero-order valence-corrected chi connectivity index (χ0v) is 11.6. The van der Waals surface area contributed by atoms with Gasteiger partial charge in [-0.15, -0.1) is 0 Å². The van der Waals surface area contributed by atoms with Crippen LogP contribution < -0.4 is 5.32 Å². The van der Waals surface area contributed by atoms with E-state index in [4.69, 9.17) is 5.26 Å². The molecule has 1 aromatic carbocycles. The van der Waals surface area contributed by atoms with Gasteiger partial charge in [-0.3, -0.25) is 9.69 Å². The molecule has 20 heavy (non-hydrogen) atoms. The SMILES string of the molecule is N#Cc1cccc(CN2C(=O)NC3(CCSC3)C2=O)c1. The summed E-state index contributed by atoms with van der Waals surface area (Å²) in [6.45, 7) is 0.215. The Bertz CT molecular complexity index is 617. The number of nitriles is 1. The van der Waals surface area contributed by atoms with Gasteiger partial charge in [-0.05, 0) is 29.9 Å². The molecule has 1 spiro atoms. The van der Waals surface area contributed by atoms with Crippen LogP contribution in [-0.4, -0.2) is 33.9 Å². The van der Waals surface area contributed by atoms with Gasteiger partial charge in [0.2, 0.25) is 0 Å². The van der Waals surface area contributed by atoms with Crippen LogP contribution in [0, 0.1) is 11.3 Å².